The van der Waals surface area contributed by atoms with E-state index in [1.165, 1.54) is 0 Å². The van der Waals surface area contributed by atoms with E-state index in [9.17, 15) is 4.79 Å². The van der Waals surface area contributed by atoms with Gasteiger partial charge in [0.05, 0.1) is 12.6 Å². The van der Waals surface area contributed by atoms with Crippen LogP contribution in [-0.4, -0.2) is 31.2 Å². The molecule has 1 saturated heterocycles. The highest BCUT2D eigenvalue weighted by atomic mass is 16.5. The summed E-state index contributed by atoms with van der Waals surface area (Å²) in [5.41, 5.74) is 7.83. The van der Waals surface area contributed by atoms with Crippen LogP contribution in [0, 0.1) is 18.8 Å². The lowest BCUT2D eigenvalue weighted by Gasteiger charge is -2.28. The quantitative estimate of drug-likeness (QED) is 0.812. The zero-order chi connectivity index (χ0) is 15.2. The number of carbonyl (C=O) groups is 1. The van der Waals surface area contributed by atoms with Crippen molar-refractivity contribution in [2.24, 2.45) is 5.73 Å². The highest BCUT2D eigenvalue weighted by Crippen LogP contribution is 2.16. The number of rotatable bonds is 2. The second-order valence-electron chi connectivity index (χ2n) is 5.36. The second-order valence-corrected chi connectivity index (χ2v) is 5.36. The van der Waals surface area contributed by atoms with E-state index in [0.717, 1.165) is 24.0 Å². The molecule has 1 aliphatic heterocycles. The van der Waals surface area contributed by atoms with Crippen LogP contribution in [0.1, 0.15) is 41.3 Å². The summed E-state index contributed by atoms with van der Waals surface area (Å²) in [5.74, 6) is 5.79. The van der Waals surface area contributed by atoms with E-state index >= 15 is 0 Å². The van der Waals surface area contributed by atoms with Gasteiger partial charge in [-0.25, -0.2) is 0 Å². The van der Waals surface area contributed by atoms with Gasteiger partial charge in [-0.15, -0.1) is 0 Å². The third-order valence-corrected chi connectivity index (χ3v) is 3.72. The number of hydrogen-bond acceptors (Lipinski definition) is 3. The average Bonchev–Trinajstić information content (AvgIpc) is 2.46. The lowest BCUT2D eigenvalue weighted by molar-refractivity contribution is 0.0136. The maximum absolute atomic E-state index is 12.4. The second kappa shape index (κ2) is 7.26. The molecule has 2 unspecified atom stereocenters. The Bertz CT molecular complexity index is 572. The van der Waals surface area contributed by atoms with Crippen LogP contribution in [0.3, 0.4) is 0 Å². The van der Waals surface area contributed by atoms with E-state index in [1.54, 1.807) is 0 Å². The summed E-state index contributed by atoms with van der Waals surface area (Å²) in [6, 6.07) is 5.78. The van der Waals surface area contributed by atoms with Crippen molar-refractivity contribution in [2.45, 2.75) is 38.8 Å². The molecule has 112 valence electrons. The first kappa shape index (κ1) is 15.6. The van der Waals surface area contributed by atoms with E-state index < -0.39 is 0 Å². The molecule has 0 bridgehead atoms. The number of nitrogens with two attached hydrogens (primary N) is 1. The van der Waals surface area contributed by atoms with Crippen LogP contribution in [-0.2, 0) is 4.74 Å². The maximum atomic E-state index is 12.4. The number of benzene rings is 1. The summed E-state index contributed by atoms with van der Waals surface area (Å²) >= 11 is 0. The first-order valence-corrected chi connectivity index (χ1v) is 7.33. The highest BCUT2D eigenvalue weighted by molar-refractivity contribution is 5.96. The maximum Gasteiger partial charge on any atom is 0.251 e. The molecule has 1 aromatic rings. The van der Waals surface area contributed by atoms with Crippen LogP contribution >= 0.6 is 0 Å². The molecule has 21 heavy (non-hydrogen) atoms. The Morgan fingerprint density at radius 2 is 2.33 bits per heavy atom. The molecule has 1 aliphatic rings. The van der Waals surface area contributed by atoms with E-state index in [-0.39, 0.29) is 18.1 Å². The molecule has 1 amide bonds. The first-order valence-electron chi connectivity index (χ1n) is 7.33. The normalized spacial score (nSPS) is 21.3. The number of amides is 1. The lowest BCUT2D eigenvalue weighted by Crippen LogP contribution is -2.41. The van der Waals surface area contributed by atoms with E-state index in [0.29, 0.717) is 18.7 Å². The number of ether oxygens (including phenoxy) is 1. The van der Waals surface area contributed by atoms with Crippen LogP contribution in [0.25, 0.3) is 0 Å². The fraction of sp³-hybridized carbons (Fsp3) is 0.471. The Morgan fingerprint density at radius 3 is 3.05 bits per heavy atom. The number of hydrogen-bond donors (Lipinski definition) is 2. The molecule has 1 heterocycles. The van der Waals surface area contributed by atoms with Crippen molar-refractivity contribution in [2.75, 3.05) is 13.2 Å². The summed E-state index contributed by atoms with van der Waals surface area (Å²) in [7, 11) is 0. The topological polar surface area (TPSA) is 64.4 Å². The summed E-state index contributed by atoms with van der Waals surface area (Å²) < 4.78 is 5.50. The molecule has 0 radical (unpaired) electrons. The SMILES string of the molecule is Cc1c(C#CCN)cccc1C(=O)NC1CCOC(C)C1. The molecule has 4 heteroatoms. The Kier molecular flexibility index (Phi) is 5.38. The summed E-state index contributed by atoms with van der Waals surface area (Å²) in [5, 5.41) is 3.10. The molecule has 3 N–H and O–H groups in total. The molecule has 1 fully saturated rings. The van der Waals surface area contributed by atoms with Crippen molar-refractivity contribution < 1.29 is 9.53 Å². The van der Waals surface area contributed by atoms with Gasteiger partial charge in [0.25, 0.3) is 5.91 Å². The van der Waals surface area contributed by atoms with Crippen LogP contribution in [0.5, 0.6) is 0 Å². The van der Waals surface area contributed by atoms with Gasteiger partial charge < -0.3 is 15.8 Å². The van der Waals surface area contributed by atoms with Crippen molar-refractivity contribution in [3.05, 3.63) is 34.9 Å². The van der Waals surface area contributed by atoms with Crippen LogP contribution in [0.15, 0.2) is 18.2 Å². The fourth-order valence-corrected chi connectivity index (χ4v) is 2.56. The standard InChI is InChI=1S/C17H22N2O2/c1-12-11-15(8-10-21-12)19-17(20)16-7-3-5-14(13(16)2)6-4-9-18/h3,5,7,12,15H,8-11,18H2,1-2H3,(H,19,20). The Balaban J connectivity index is 2.12. The van der Waals surface area contributed by atoms with Gasteiger partial charge >= 0.3 is 0 Å². The monoisotopic (exact) mass is 286 g/mol. The molecule has 4 nitrogen and oxygen atoms in total. The molecule has 0 aliphatic carbocycles. The third-order valence-electron chi connectivity index (χ3n) is 3.72. The van der Waals surface area contributed by atoms with Crippen molar-refractivity contribution in [3.63, 3.8) is 0 Å². The minimum Gasteiger partial charge on any atom is -0.378 e. The van der Waals surface area contributed by atoms with Gasteiger partial charge in [0, 0.05) is 23.8 Å². The van der Waals surface area contributed by atoms with E-state index in [2.05, 4.69) is 17.2 Å². The van der Waals surface area contributed by atoms with Crippen molar-refractivity contribution in [1.82, 2.24) is 5.32 Å². The summed E-state index contributed by atoms with van der Waals surface area (Å²) in [6.45, 7) is 4.97. The van der Waals surface area contributed by atoms with Gasteiger partial charge in [0.2, 0.25) is 0 Å². The molecule has 1 aromatic carbocycles. The Hall–Kier alpha value is -1.83. The fourth-order valence-electron chi connectivity index (χ4n) is 2.56. The summed E-state index contributed by atoms with van der Waals surface area (Å²) in [6.07, 6.45) is 1.92. The minimum absolute atomic E-state index is 0.0389. The largest absolute Gasteiger partial charge is 0.378 e. The van der Waals surface area contributed by atoms with Gasteiger partial charge in [0.15, 0.2) is 0 Å². The van der Waals surface area contributed by atoms with Gasteiger partial charge in [-0.1, -0.05) is 17.9 Å². The molecular formula is C17H22N2O2. The Morgan fingerprint density at radius 1 is 1.52 bits per heavy atom. The Labute approximate surface area is 126 Å². The van der Waals surface area contributed by atoms with E-state index in [4.69, 9.17) is 10.5 Å². The smallest absolute Gasteiger partial charge is 0.251 e. The molecule has 0 spiro atoms. The molecule has 0 saturated carbocycles. The zero-order valence-corrected chi connectivity index (χ0v) is 12.6. The molecule has 0 aromatic heterocycles. The third kappa shape index (κ3) is 4.07. The van der Waals surface area contributed by atoms with Gasteiger partial charge in [-0.05, 0) is 44.4 Å². The van der Waals surface area contributed by atoms with Gasteiger partial charge in [0.1, 0.15) is 0 Å². The van der Waals surface area contributed by atoms with Crippen molar-refractivity contribution in [1.29, 1.82) is 0 Å². The predicted octanol–water partition coefficient (Wildman–Crippen LogP) is 1.60. The summed E-state index contributed by atoms with van der Waals surface area (Å²) in [4.78, 5) is 12.4. The molecular weight excluding hydrogens is 264 g/mol. The average molecular weight is 286 g/mol. The van der Waals surface area contributed by atoms with Gasteiger partial charge in [-0.3, -0.25) is 4.79 Å². The number of nitrogens with one attached hydrogen (secondary N) is 1. The van der Waals surface area contributed by atoms with Crippen LogP contribution in [0.4, 0.5) is 0 Å². The van der Waals surface area contributed by atoms with E-state index in [1.807, 2.05) is 32.0 Å². The number of carbonyl (C=O) groups excluding carboxylic acids is 1. The van der Waals surface area contributed by atoms with Gasteiger partial charge in [-0.2, -0.15) is 0 Å². The predicted molar refractivity (Wildman–Crippen MR) is 83.0 cm³/mol. The first-order chi connectivity index (χ1) is 10.1. The van der Waals surface area contributed by atoms with Crippen molar-refractivity contribution in [3.8, 4) is 11.8 Å². The molecule has 2 atom stereocenters. The highest BCUT2D eigenvalue weighted by Gasteiger charge is 2.22. The molecule has 2 rings (SSSR count). The zero-order valence-electron chi connectivity index (χ0n) is 12.6. The minimum atomic E-state index is -0.0389. The van der Waals surface area contributed by atoms with Crippen molar-refractivity contribution >= 4 is 5.91 Å². The lowest BCUT2D eigenvalue weighted by atomic mass is 10.00. The van der Waals surface area contributed by atoms with Crippen LogP contribution < -0.4 is 11.1 Å². The van der Waals surface area contributed by atoms with Crippen LogP contribution in [0.2, 0.25) is 0 Å².